The first-order chi connectivity index (χ1) is 17.6. The van der Waals surface area contributed by atoms with Crippen LogP contribution in [0.4, 0.5) is 19.0 Å². The number of ether oxygens (including phenoxy) is 2. The number of hydrogen-bond acceptors (Lipinski definition) is 9. The molecule has 3 aromatic rings. The van der Waals surface area contributed by atoms with Crippen molar-refractivity contribution in [1.82, 2.24) is 14.9 Å². The van der Waals surface area contributed by atoms with Crippen LogP contribution in [0, 0.1) is 10.8 Å². The molecular weight excluding hydrogens is 509 g/mol. The fraction of sp³-hybridized carbons (Fsp3) is 0.375. The number of hydrogen-bond donors (Lipinski definition) is 2. The van der Waals surface area contributed by atoms with Crippen LogP contribution in [0.25, 0.3) is 10.2 Å². The Morgan fingerprint density at radius 2 is 1.92 bits per heavy atom. The average Bonchev–Trinajstić information content (AvgIpc) is 3.26. The highest BCUT2D eigenvalue weighted by atomic mass is 32.1. The van der Waals surface area contributed by atoms with Gasteiger partial charge in [-0.2, -0.15) is 23.1 Å². The lowest BCUT2D eigenvalue weighted by Gasteiger charge is -2.37. The molecule has 0 spiro atoms. The third kappa shape index (κ3) is 5.98. The molecule has 1 fully saturated rings. The van der Waals surface area contributed by atoms with Gasteiger partial charge in [0, 0.05) is 18.0 Å². The lowest BCUT2D eigenvalue weighted by molar-refractivity contribution is -0.139. The van der Waals surface area contributed by atoms with Gasteiger partial charge in [0.1, 0.15) is 22.2 Å². The van der Waals surface area contributed by atoms with E-state index in [0.29, 0.717) is 21.3 Å². The van der Waals surface area contributed by atoms with Crippen molar-refractivity contribution < 1.29 is 27.4 Å². The van der Waals surface area contributed by atoms with Gasteiger partial charge >= 0.3 is 18.2 Å². The first-order valence-electron chi connectivity index (χ1n) is 11.5. The summed E-state index contributed by atoms with van der Waals surface area (Å²) in [5.41, 5.74) is 0.750. The van der Waals surface area contributed by atoms with Crippen LogP contribution in [-0.2, 0) is 22.4 Å². The minimum Gasteiger partial charge on any atom is -0.469 e. The molecule has 0 atom stereocenters. The van der Waals surface area contributed by atoms with Crippen LogP contribution >= 0.6 is 11.3 Å². The summed E-state index contributed by atoms with van der Waals surface area (Å²) < 4.78 is 49.7. The highest BCUT2D eigenvalue weighted by molar-refractivity contribution is 7.18. The molecule has 0 bridgehead atoms. The number of alkyl halides is 3. The SMILES string of the molecule is CCCc1cc2c(N3CCN(C(=N)C(F)(F)F)C(=N)C3)nc(Oc3ccc(CC(=O)OC)cc3)nc2s1. The zero-order valence-corrected chi connectivity index (χ0v) is 21.0. The number of aromatic nitrogens is 2. The fourth-order valence-corrected chi connectivity index (χ4v) is 5.01. The Bertz CT molecular complexity index is 1330. The Morgan fingerprint density at radius 3 is 2.54 bits per heavy atom. The number of thiophene rings is 1. The number of amidine groups is 2. The number of anilines is 1. The van der Waals surface area contributed by atoms with E-state index in [1.807, 2.05) is 6.07 Å². The van der Waals surface area contributed by atoms with Crippen LogP contribution in [-0.4, -0.2) is 65.4 Å². The van der Waals surface area contributed by atoms with Gasteiger partial charge in [-0.25, -0.2) is 0 Å². The molecule has 3 heterocycles. The molecule has 0 radical (unpaired) electrons. The highest BCUT2D eigenvalue weighted by Crippen LogP contribution is 2.35. The number of nitrogens with zero attached hydrogens (tertiary/aromatic N) is 4. The van der Waals surface area contributed by atoms with Gasteiger partial charge < -0.3 is 19.3 Å². The number of carbonyl (C=O) groups excluding carboxylic acids is 1. The van der Waals surface area contributed by atoms with Gasteiger partial charge in [0.15, 0.2) is 0 Å². The molecular formula is C24H25F3N6O3S. The van der Waals surface area contributed by atoms with Crippen molar-refractivity contribution in [3.63, 3.8) is 0 Å². The number of halogens is 3. The first kappa shape index (κ1) is 26.3. The van der Waals surface area contributed by atoms with Gasteiger partial charge in [0.05, 0.1) is 25.5 Å². The van der Waals surface area contributed by atoms with E-state index in [1.54, 1.807) is 29.2 Å². The molecule has 1 aromatic carbocycles. The summed E-state index contributed by atoms with van der Waals surface area (Å²) in [5, 5.41) is 16.3. The summed E-state index contributed by atoms with van der Waals surface area (Å²) in [6, 6.07) is 8.85. The lowest BCUT2D eigenvalue weighted by atomic mass is 10.1. The molecule has 1 aliphatic heterocycles. The Kier molecular flexibility index (Phi) is 7.62. The summed E-state index contributed by atoms with van der Waals surface area (Å²) >= 11 is 1.49. The van der Waals surface area contributed by atoms with E-state index in [2.05, 4.69) is 21.6 Å². The normalized spacial score (nSPS) is 14.2. The van der Waals surface area contributed by atoms with E-state index < -0.39 is 12.0 Å². The zero-order valence-electron chi connectivity index (χ0n) is 20.2. The number of aryl methyl sites for hydroxylation is 1. The van der Waals surface area contributed by atoms with Gasteiger partial charge in [0.2, 0.25) is 5.84 Å². The third-order valence-corrected chi connectivity index (χ3v) is 6.79. The van der Waals surface area contributed by atoms with Crippen molar-refractivity contribution in [2.24, 2.45) is 0 Å². The van der Waals surface area contributed by atoms with Crippen molar-refractivity contribution >= 4 is 45.0 Å². The number of rotatable bonds is 7. The minimum atomic E-state index is -4.83. The molecule has 2 aromatic heterocycles. The summed E-state index contributed by atoms with van der Waals surface area (Å²) in [5.74, 6) is -1.34. The fourth-order valence-electron chi connectivity index (χ4n) is 3.89. The topological polar surface area (TPSA) is 115 Å². The van der Waals surface area contributed by atoms with Crippen molar-refractivity contribution in [3.05, 3.63) is 40.8 Å². The monoisotopic (exact) mass is 534 g/mol. The lowest BCUT2D eigenvalue weighted by Crippen LogP contribution is -2.55. The Morgan fingerprint density at radius 1 is 1.19 bits per heavy atom. The largest absolute Gasteiger partial charge is 0.469 e. The quantitative estimate of drug-likeness (QED) is 0.254. The molecule has 1 aliphatic rings. The second kappa shape index (κ2) is 10.7. The van der Waals surface area contributed by atoms with E-state index in [1.165, 1.54) is 18.4 Å². The number of methoxy groups -OCH3 is 1. The molecule has 196 valence electrons. The number of nitrogens with one attached hydrogen (secondary N) is 2. The average molecular weight is 535 g/mol. The minimum absolute atomic E-state index is 0.0603. The molecule has 13 heteroatoms. The summed E-state index contributed by atoms with van der Waals surface area (Å²) in [6.07, 6.45) is -2.93. The van der Waals surface area contributed by atoms with Crippen molar-refractivity contribution in [1.29, 1.82) is 10.8 Å². The van der Waals surface area contributed by atoms with Crippen LogP contribution in [0.1, 0.15) is 23.8 Å². The van der Waals surface area contributed by atoms with Crippen molar-refractivity contribution in [2.75, 3.05) is 31.6 Å². The third-order valence-electron chi connectivity index (χ3n) is 5.71. The predicted molar refractivity (Wildman–Crippen MR) is 134 cm³/mol. The second-order valence-corrected chi connectivity index (χ2v) is 9.49. The van der Waals surface area contributed by atoms with Crippen LogP contribution in [0.5, 0.6) is 11.8 Å². The molecule has 1 saturated heterocycles. The van der Waals surface area contributed by atoms with Crippen LogP contribution < -0.4 is 9.64 Å². The van der Waals surface area contributed by atoms with Gasteiger partial charge in [-0.3, -0.25) is 15.6 Å². The van der Waals surface area contributed by atoms with Gasteiger partial charge in [-0.15, -0.1) is 11.3 Å². The van der Waals surface area contributed by atoms with Crippen LogP contribution in [0.2, 0.25) is 0 Å². The number of carbonyl (C=O) groups is 1. The Balaban J connectivity index is 1.62. The van der Waals surface area contributed by atoms with E-state index in [9.17, 15) is 18.0 Å². The predicted octanol–water partition coefficient (Wildman–Crippen LogP) is 4.79. The molecule has 0 amide bonds. The van der Waals surface area contributed by atoms with Crippen LogP contribution in [0.15, 0.2) is 30.3 Å². The van der Waals surface area contributed by atoms with Crippen molar-refractivity contribution in [3.8, 4) is 11.8 Å². The molecule has 0 saturated carbocycles. The number of benzene rings is 1. The first-order valence-corrected chi connectivity index (χ1v) is 12.3. The molecule has 9 nitrogen and oxygen atoms in total. The van der Waals surface area contributed by atoms with Gasteiger partial charge in [-0.1, -0.05) is 25.5 Å². The Hall–Kier alpha value is -3.74. The maximum atomic E-state index is 13.0. The smallest absolute Gasteiger partial charge is 0.449 e. The molecule has 0 aliphatic carbocycles. The second-order valence-electron chi connectivity index (χ2n) is 8.38. The number of piperazine rings is 1. The zero-order chi connectivity index (χ0) is 26.7. The molecule has 0 unspecified atom stereocenters. The summed E-state index contributed by atoms with van der Waals surface area (Å²) in [7, 11) is 1.32. The van der Waals surface area contributed by atoms with Gasteiger partial charge in [-0.05, 0) is 30.2 Å². The maximum absolute atomic E-state index is 13.0. The number of fused-ring (bicyclic) bond motifs is 1. The van der Waals surface area contributed by atoms with E-state index in [4.69, 9.17) is 15.6 Å². The highest BCUT2D eigenvalue weighted by Gasteiger charge is 2.41. The summed E-state index contributed by atoms with van der Waals surface area (Å²) in [6.45, 7) is 1.87. The number of esters is 1. The van der Waals surface area contributed by atoms with Crippen LogP contribution in [0.3, 0.4) is 0 Å². The molecule has 4 rings (SSSR count). The van der Waals surface area contributed by atoms with E-state index >= 15 is 0 Å². The van der Waals surface area contributed by atoms with Gasteiger partial charge in [0.25, 0.3) is 0 Å². The van der Waals surface area contributed by atoms with E-state index in [-0.39, 0.29) is 43.9 Å². The molecule has 37 heavy (non-hydrogen) atoms. The van der Waals surface area contributed by atoms with Crippen molar-refractivity contribution in [2.45, 2.75) is 32.4 Å². The standard InChI is InChI=1S/C24H25F3N6O3S/c1-3-4-16-12-17-20(32-9-10-33(18(28)13-32)22(29)24(25,26)27)30-23(31-21(17)37-16)36-15-7-5-14(6-8-15)11-19(34)35-2/h5-8,12,28-29H,3-4,9-11,13H2,1-2H3. The Labute approximate surface area is 214 Å². The molecule has 2 N–H and O–H groups in total. The summed E-state index contributed by atoms with van der Waals surface area (Å²) in [4.78, 5) is 24.7. The van der Waals surface area contributed by atoms with E-state index in [0.717, 1.165) is 28.7 Å². The maximum Gasteiger partial charge on any atom is 0.449 e.